The molecule has 0 spiro atoms. The molecule has 1 aliphatic heterocycles. The van der Waals surface area contributed by atoms with Crippen LogP contribution in [0, 0.1) is 0 Å². The fourth-order valence-corrected chi connectivity index (χ4v) is 2.26. The van der Waals surface area contributed by atoms with E-state index >= 15 is 0 Å². The summed E-state index contributed by atoms with van der Waals surface area (Å²) in [5.74, 6) is 0. The first-order valence-electron chi connectivity index (χ1n) is 6.53. The van der Waals surface area contributed by atoms with E-state index < -0.39 is 35.9 Å². The number of ether oxygens (including phenoxy) is 1. The molecule has 20 heavy (non-hydrogen) atoms. The minimum Gasteiger partial charge on any atom is -0.394 e. The Labute approximate surface area is 115 Å². The first-order valence-corrected chi connectivity index (χ1v) is 6.53. The summed E-state index contributed by atoms with van der Waals surface area (Å²) in [7, 11) is 0. The van der Waals surface area contributed by atoms with Crippen molar-refractivity contribution in [1.29, 1.82) is 0 Å². The van der Waals surface area contributed by atoms with Gasteiger partial charge in [-0.25, -0.2) is 9.36 Å². The van der Waals surface area contributed by atoms with Crippen LogP contribution in [-0.4, -0.2) is 38.2 Å². The van der Waals surface area contributed by atoms with Gasteiger partial charge in [0.25, 0.3) is 5.56 Å². The van der Waals surface area contributed by atoms with Gasteiger partial charge >= 0.3 is 5.69 Å². The summed E-state index contributed by atoms with van der Waals surface area (Å²) in [4.78, 5) is 24.0. The minimum absolute atomic E-state index is 0.171. The van der Waals surface area contributed by atoms with E-state index in [-0.39, 0.29) is 13.0 Å². The van der Waals surface area contributed by atoms with Gasteiger partial charge in [-0.05, 0) is 6.42 Å². The van der Waals surface area contributed by atoms with Gasteiger partial charge in [0.1, 0.15) is 12.3 Å². The Balaban J connectivity index is 2.40. The third-order valence-electron chi connectivity index (χ3n) is 3.49. The SMILES string of the molecule is CCC(N)n1c(=O)ccn([C@H]2C[C@H](O)[C@@H](CO)O2)c1=O. The summed E-state index contributed by atoms with van der Waals surface area (Å²) in [6.45, 7) is 1.44. The summed E-state index contributed by atoms with van der Waals surface area (Å²) < 4.78 is 7.58. The molecule has 0 radical (unpaired) electrons. The van der Waals surface area contributed by atoms with Gasteiger partial charge in [-0.2, -0.15) is 0 Å². The van der Waals surface area contributed by atoms with Crippen molar-refractivity contribution >= 4 is 0 Å². The average Bonchev–Trinajstić information content (AvgIpc) is 2.79. The van der Waals surface area contributed by atoms with Crippen LogP contribution in [0.4, 0.5) is 0 Å². The van der Waals surface area contributed by atoms with Gasteiger partial charge in [-0.1, -0.05) is 6.92 Å². The van der Waals surface area contributed by atoms with E-state index in [0.717, 1.165) is 4.57 Å². The van der Waals surface area contributed by atoms with Crippen molar-refractivity contribution in [2.75, 3.05) is 6.61 Å². The van der Waals surface area contributed by atoms with Gasteiger partial charge < -0.3 is 20.7 Å². The number of aliphatic hydroxyl groups excluding tert-OH is 2. The zero-order valence-corrected chi connectivity index (χ0v) is 11.2. The quantitative estimate of drug-likeness (QED) is 0.620. The second kappa shape index (κ2) is 5.88. The van der Waals surface area contributed by atoms with Crippen molar-refractivity contribution in [2.24, 2.45) is 5.73 Å². The fraction of sp³-hybridized carbons (Fsp3) is 0.667. The second-order valence-electron chi connectivity index (χ2n) is 4.80. The molecule has 0 bridgehead atoms. The molecule has 2 heterocycles. The Hall–Kier alpha value is -1.48. The van der Waals surface area contributed by atoms with Crippen LogP contribution in [-0.2, 0) is 4.74 Å². The molecule has 0 amide bonds. The van der Waals surface area contributed by atoms with E-state index in [4.69, 9.17) is 15.6 Å². The fourth-order valence-electron chi connectivity index (χ4n) is 2.26. The molecule has 112 valence electrons. The van der Waals surface area contributed by atoms with Crippen LogP contribution in [0.1, 0.15) is 32.2 Å². The summed E-state index contributed by atoms with van der Waals surface area (Å²) in [5.41, 5.74) is 4.71. The van der Waals surface area contributed by atoms with E-state index in [9.17, 15) is 14.7 Å². The third kappa shape index (κ3) is 2.55. The van der Waals surface area contributed by atoms with Gasteiger partial charge in [-0.3, -0.25) is 9.36 Å². The molecule has 0 saturated carbocycles. The summed E-state index contributed by atoms with van der Waals surface area (Å²) >= 11 is 0. The highest BCUT2D eigenvalue weighted by Crippen LogP contribution is 2.27. The third-order valence-corrected chi connectivity index (χ3v) is 3.49. The summed E-state index contributed by atoms with van der Waals surface area (Å²) in [6.07, 6.45) is -1.07. The van der Waals surface area contributed by atoms with Gasteiger partial charge in [0.15, 0.2) is 0 Å². The molecule has 1 saturated heterocycles. The van der Waals surface area contributed by atoms with Gasteiger partial charge in [-0.15, -0.1) is 0 Å². The number of rotatable bonds is 4. The minimum atomic E-state index is -0.850. The van der Waals surface area contributed by atoms with Crippen LogP contribution in [0.25, 0.3) is 0 Å². The monoisotopic (exact) mass is 285 g/mol. The number of nitrogens with two attached hydrogens (primary N) is 1. The number of nitrogens with zero attached hydrogens (tertiary/aromatic N) is 2. The van der Waals surface area contributed by atoms with Crippen molar-refractivity contribution < 1.29 is 14.9 Å². The van der Waals surface area contributed by atoms with Crippen molar-refractivity contribution in [3.63, 3.8) is 0 Å². The lowest BCUT2D eigenvalue weighted by molar-refractivity contribution is -0.0464. The Morgan fingerprint density at radius 1 is 1.55 bits per heavy atom. The lowest BCUT2D eigenvalue weighted by Gasteiger charge is -2.18. The first-order chi connectivity index (χ1) is 9.49. The van der Waals surface area contributed by atoms with E-state index in [0.29, 0.717) is 6.42 Å². The van der Waals surface area contributed by atoms with Crippen LogP contribution >= 0.6 is 0 Å². The standard InChI is InChI=1S/C12H19N3O5/c1-2-9(13)15-10(18)3-4-14(12(15)19)11-5-7(17)8(6-16)20-11/h3-4,7-9,11,16-17H,2,5-6,13H2,1H3/t7-,8+,9?,11+/m0/s1. The lowest BCUT2D eigenvalue weighted by atomic mass is 10.2. The first kappa shape index (κ1) is 14.9. The Bertz CT molecular complexity index is 581. The highest BCUT2D eigenvalue weighted by atomic mass is 16.5. The van der Waals surface area contributed by atoms with Crippen molar-refractivity contribution in [3.05, 3.63) is 33.1 Å². The largest absolute Gasteiger partial charge is 0.394 e. The van der Waals surface area contributed by atoms with E-state index in [2.05, 4.69) is 0 Å². The molecule has 1 fully saturated rings. The molecule has 1 aromatic rings. The van der Waals surface area contributed by atoms with Crippen LogP contribution in [0.5, 0.6) is 0 Å². The lowest BCUT2D eigenvalue weighted by Crippen LogP contribution is -2.44. The molecule has 8 heteroatoms. The maximum Gasteiger partial charge on any atom is 0.334 e. The maximum atomic E-state index is 12.3. The van der Waals surface area contributed by atoms with E-state index in [1.165, 1.54) is 16.8 Å². The van der Waals surface area contributed by atoms with E-state index in [1.807, 2.05) is 0 Å². The number of aliphatic hydroxyl groups is 2. The van der Waals surface area contributed by atoms with Crippen molar-refractivity contribution in [3.8, 4) is 0 Å². The molecule has 4 N–H and O–H groups in total. The smallest absolute Gasteiger partial charge is 0.334 e. The molecule has 0 aliphatic carbocycles. The predicted molar refractivity (Wildman–Crippen MR) is 70.1 cm³/mol. The molecule has 8 nitrogen and oxygen atoms in total. The van der Waals surface area contributed by atoms with Crippen LogP contribution in [0.2, 0.25) is 0 Å². The molecule has 1 unspecified atom stereocenters. The predicted octanol–water partition coefficient (Wildman–Crippen LogP) is -1.48. The van der Waals surface area contributed by atoms with Crippen molar-refractivity contribution in [2.45, 2.75) is 44.4 Å². The normalized spacial score (nSPS) is 27.7. The highest BCUT2D eigenvalue weighted by molar-refractivity contribution is 4.92. The number of hydrogen-bond donors (Lipinski definition) is 3. The van der Waals surface area contributed by atoms with Gasteiger partial charge in [0.05, 0.1) is 18.9 Å². The average molecular weight is 285 g/mol. The molecule has 0 aromatic carbocycles. The molecule has 4 atom stereocenters. The van der Waals surface area contributed by atoms with Gasteiger partial charge in [0.2, 0.25) is 0 Å². The van der Waals surface area contributed by atoms with Crippen LogP contribution < -0.4 is 17.0 Å². The Morgan fingerprint density at radius 2 is 2.25 bits per heavy atom. The van der Waals surface area contributed by atoms with Crippen molar-refractivity contribution in [1.82, 2.24) is 9.13 Å². The van der Waals surface area contributed by atoms with E-state index in [1.54, 1.807) is 6.92 Å². The van der Waals surface area contributed by atoms with Crippen LogP contribution in [0.15, 0.2) is 21.9 Å². The second-order valence-corrected chi connectivity index (χ2v) is 4.80. The molecule has 2 rings (SSSR count). The maximum absolute atomic E-state index is 12.3. The molecular weight excluding hydrogens is 266 g/mol. The zero-order valence-electron chi connectivity index (χ0n) is 11.2. The van der Waals surface area contributed by atoms with Crippen LogP contribution in [0.3, 0.4) is 0 Å². The topological polar surface area (TPSA) is 120 Å². The highest BCUT2D eigenvalue weighted by Gasteiger charge is 2.35. The van der Waals surface area contributed by atoms with Gasteiger partial charge in [0, 0.05) is 18.7 Å². The Morgan fingerprint density at radius 3 is 2.80 bits per heavy atom. The Kier molecular flexibility index (Phi) is 4.39. The molecule has 1 aromatic heterocycles. The zero-order chi connectivity index (χ0) is 14.9. The molecule has 1 aliphatic rings. The number of aromatic nitrogens is 2. The molecular formula is C12H19N3O5. The number of hydrogen-bond acceptors (Lipinski definition) is 6. The summed E-state index contributed by atoms with van der Waals surface area (Å²) in [6, 6.07) is 1.24. The summed E-state index contributed by atoms with van der Waals surface area (Å²) in [5, 5.41) is 18.7.